The zero-order chi connectivity index (χ0) is 26.1. The molecule has 4 rings (SSSR count). The molecular weight excluding hydrogens is 485 g/mol. The Bertz CT molecular complexity index is 1530. The lowest BCUT2D eigenvalue weighted by Crippen LogP contribution is -2.47. The van der Waals surface area contributed by atoms with Gasteiger partial charge >= 0.3 is 5.69 Å². The zero-order valence-corrected chi connectivity index (χ0v) is 21.6. The van der Waals surface area contributed by atoms with Gasteiger partial charge in [0.2, 0.25) is 5.91 Å². The monoisotopic (exact) mass is 513 g/mol. The van der Waals surface area contributed by atoms with Gasteiger partial charge in [-0.25, -0.2) is 18.4 Å². The Balaban J connectivity index is 1.92. The van der Waals surface area contributed by atoms with Crippen LogP contribution in [0.1, 0.15) is 37.9 Å². The minimum Gasteiger partial charge on any atom is -0.496 e. The highest BCUT2D eigenvalue weighted by Gasteiger charge is 2.26. The van der Waals surface area contributed by atoms with Crippen molar-refractivity contribution in [2.24, 2.45) is 0 Å². The molecule has 190 valence electrons. The lowest BCUT2D eigenvalue weighted by Gasteiger charge is -2.19. The Labute approximate surface area is 210 Å². The SMILES string of the molecule is COc1ccc(F)cc1CCn1c(=O)n(C(C)C(=O)NC(C)C)c(=O)c2c(C)c(-n3cccn3)sc21. The third-order valence-electron chi connectivity index (χ3n) is 5.98. The normalized spacial score (nSPS) is 12.3. The molecule has 0 aliphatic carbocycles. The van der Waals surface area contributed by atoms with Gasteiger partial charge in [-0.2, -0.15) is 5.10 Å². The summed E-state index contributed by atoms with van der Waals surface area (Å²) in [6.45, 7) is 7.08. The van der Waals surface area contributed by atoms with Crippen LogP contribution < -0.4 is 21.3 Å². The topological polar surface area (TPSA) is 100 Å². The molecule has 36 heavy (non-hydrogen) atoms. The van der Waals surface area contributed by atoms with Crippen LogP contribution in [0.4, 0.5) is 4.39 Å². The Morgan fingerprint density at radius 2 is 2.00 bits per heavy atom. The van der Waals surface area contributed by atoms with Crippen molar-refractivity contribution >= 4 is 27.5 Å². The second-order valence-electron chi connectivity index (χ2n) is 8.82. The number of nitrogens with zero attached hydrogens (tertiary/aromatic N) is 4. The van der Waals surface area contributed by atoms with Gasteiger partial charge in [-0.05, 0) is 63.9 Å². The summed E-state index contributed by atoms with van der Waals surface area (Å²) in [6.07, 6.45) is 3.66. The van der Waals surface area contributed by atoms with E-state index < -0.39 is 29.0 Å². The zero-order valence-electron chi connectivity index (χ0n) is 20.7. The molecule has 0 fully saturated rings. The minimum atomic E-state index is -1.03. The number of halogens is 1. The van der Waals surface area contributed by atoms with Gasteiger partial charge in [0, 0.05) is 30.5 Å². The number of rotatable bonds is 8. The maximum atomic E-state index is 13.9. The largest absolute Gasteiger partial charge is 0.496 e. The van der Waals surface area contributed by atoms with E-state index >= 15 is 0 Å². The van der Waals surface area contributed by atoms with E-state index in [-0.39, 0.29) is 19.0 Å². The predicted octanol–water partition coefficient (Wildman–Crippen LogP) is 3.19. The molecule has 1 atom stereocenters. The second kappa shape index (κ2) is 10.1. The van der Waals surface area contributed by atoms with Crippen molar-refractivity contribution in [2.75, 3.05) is 7.11 Å². The van der Waals surface area contributed by atoms with Crippen molar-refractivity contribution in [2.45, 2.75) is 52.7 Å². The highest BCUT2D eigenvalue weighted by atomic mass is 32.1. The first-order valence-electron chi connectivity index (χ1n) is 11.5. The van der Waals surface area contributed by atoms with Crippen molar-refractivity contribution in [3.8, 4) is 10.8 Å². The Hall–Kier alpha value is -3.73. The van der Waals surface area contributed by atoms with Crippen molar-refractivity contribution < 1.29 is 13.9 Å². The number of aromatic nitrogens is 4. The van der Waals surface area contributed by atoms with Gasteiger partial charge in [0.25, 0.3) is 5.56 Å². The van der Waals surface area contributed by atoms with Gasteiger partial charge in [-0.1, -0.05) is 11.3 Å². The number of ether oxygens (including phenoxy) is 1. The smallest absolute Gasteiger partial charge is 0.332 e. The van der Waals surface area contributed by atoms with Crippen LogP contribution in [0.15, 0.2) is 46.2 Å². The number of methoxy groups -OCH3 is 1. The summed E-state index contributed by atoms with van der Waals surface area (Å²) >= 11 is 1.27. The van der Waals surface area contributed by atoms with E-state index in [2.05, 4.69) is 10.4 Å². The molecule has 1 aromatic carbocycles. The molecule has 4 aromatic rings. The number of nitrogens with one attached hydrogen (secondary N) is 1. The molecule has 11 heteroatoms. The van der Waals surface area contributed by atoms with Crippen LogP contribution in [0.25, 0.3) is 15.2 Å². The third-order valence-corrected chi connectivity index (χ3v) is 7.28. The summed E-state index contributed by atoms with van der Waals surface area (Å²) < 4.78 is 23.4. The maximum absolute atomic E-state index is 13.9. The van der Waals surface area contributed by atoms with E-state index in [0.29, 0.717) is 32.1 Å². The third kappa shape index (κ3) is 4.58. The fourth-order valence-electron chi connectivity index (χ4n) is 4.20. The van der Waals surface area contributed by atoms with Gasteiger partial charge < -0.3 is 10.1 Å². The predicted molar refractivity (Wildman–Crippen MR) is 137 cm³/mol. The number of hydrogen-bond donors (Lipinski definition) is 1. The van der Waals surface area contributed by atoms with Crippen LogP contribution in [-0.2, 0) is 17.8 Å². The summed E-state index contributed by atoms with van der Waals surface area (Å²) in [4.78, 5) is 40.6. The average molecular weight is 514 g/mol. The van der Waals surface area contributed by atoms with Crippen LogP contribution >= 0.6 is 11.3 Å². The lowest BCUT2D eigenvalue weighted by molar-refractivity contribution is -0.124. The summed E-state index contributed by atoms with van der Waals surface area (Å²) in [5.41, 5.74) is 0.100. The first kappa shape index (κ1) is 25.4. The van der Waals surface area contributed by atoms with E-state index in [9.17, 15) is 18.8 Å². The van der Waals surface area contributed by atoms with E-state index in [0.717, 1.165) is 4.57 Å². The highest BCUT2D eigenvalue weighted by molar-refractivity contribution is 7.21. The molecule has 0 radical (unpaired) electrons. The number of aryl methyl sites for hydroxylation is 3. The van der Waals surface area contributed by atoms with Crippen molar-refractivity contribution in [1.82, 2.24) is 24.2 Å². The fourth-order valence-corrected chi connectivity index (χ4v) is 5.46. The maximum Gasteiger partial charge on any atom is 0.332 e. The van der Waals surface area contributed by atoms with Gasteiger partial charge in [-0.3, -0.25) is 14.2 Å². The molecule has 0 spiro atoms. The Morgan fingerprint density at radius 3 is 2.64 bits per heavy atom. The van der Waals surface area contributed by atoms with Gasteiger partial charge in [0.05, 0.1) is 12.5 Å². The molecule has 3 heterocycles. The molecule has 1 unspecified atom stereocenters. The number of fused-ring (bicyclic) bond motifs is 1. The van der Waals surface area contributed by atoms with Crippen molar-refractivity contribution in [3.05, 3.63) is 74.4 Å². The second-order valence-corrected chi connectivity index (χ2v) is 9.80. The summed E-state index contributed by atoms with van der Waals surface area (Å²) in [5.74, 6) is -0.347. The summed E-state index contributed by atoms with van der Waals surface area (Å²) in [7, 11) is 1.50. The lowest BCUT2D eigenvalue weighted by atomic mass is 10.1. The number of amides is 1. The number of benzene rings is 1. The van der Waals surface area contributed by atoms with Crippen LogP contribution in [0.2, 0.25) is 0 Å². The molecule has 0 aliphatic rings. The summed E-state index contributed by atoms with van der Waals surface area (Å²) in [5, 5.41) is 8.09. The molecular formula is C25H28FN5O4S. The van der Waals surface area contributed by atoms with E-state index in [1.807, 2.05) is 0 Å². The minimum absolute atomic E-state index is 0.145. The summed E-state index contributed by atoms with van der Waals surface area (Å²) in [6, 6.07) is 4.79. The standard InChI is InChI=1S/C25H28FN5O4S/c1-14(2)28-21(32)16(4)31-22(33)20-15(3)23(30-11-6-10-27-30)36-24(20)29(25(31)34)12-9-17-13-18(26)7-8-19(17)35-5/h6-8,10-11,13-14,16H,9,12H2,1-5H3,(H,28,32). The van der Waals surface area contributed by atoms with Crippen LogP contribution in [0, 0.1) is 12.7 Å². The van der Waals surface area contributed by atoms with Gasteiger partial charge in [0.15, 0.2) is 0 Å². The molecule has 3 aromatic heterocycles. The molecule has 1 amide bonds. The number of thiophene rings is 1. The number of carbonyl (C=O) groups excluding carboxylic acids is 1. The number of hydrogen-bond acceptors (Lipinski definition) is 6. The van der Waals surface area contributed by atoms with Gasteiger partial charge in [-0.15, -0.1) is 0 Å². The van der Waals surface area contributed by atoms with Crippen LogP contribution in [0.3, 0.4) is 0 Å². The van der Waals surface area contributed by atoms with E-state index in [1.165, 1.54) is 48.1 Å². The fraction of sp³-hybridized carbons (Fsp3) is 0.360. The van der Waals surface area contributed by atoms with Crippen LogP contribution in [-0.4, -0.2) is 38.0 Å². The Kier molecular flexibility index (Phi) is 7.11. The molecule has 9 nitrogen and oxygen atoms in total. The average Bonchev–Trinajstić information content (AvgIpc) is 3.46. The first-order valence-corrected chi connectivity index (χ1v) is 12.4. The van der Waals surface area contributed by atoms with Crippen LogP contribution in [0.5, 0.6) is 5.75 Å². The quantitative estimate of drug-likeness (QED) is 0.390. The first-order chi connectivity index (χ1) is 17.1. The molecule has 0 saturated heterocycles. The molecule has 0 aliphatic heterocycles. The van der Waals surface area contributed by atoms with Gasteiger partial charge in [0.1, 0.15) is 27.4 Å². The number of carbonyl (C=O) groups is 1. The van der Waals surface area contributed by atoms with E-state index in [1.54, 1.807) is 43.9 Å². The highest BCUT2D eigenvalue weighted by Crippen LogP contribution is 2.31. The van der Waals surface area contributed by atoms with E-state index in [4.69, 9.17) is 4.74 Å². The molecule has 0 bridgehead atoms. The Morgan fingerprint density at radius 1 is 1.25 bits per heavy atom. The molecule has 0 saturated carbocycles. The molecule has 1 N–H and O–H groups in total. The van der Waals surface area contributed by atoms with Crippen molar-refractivity contribution in [3.63, 3.8) is 0 Å². The van der Waals surface area contributed by atoms with Crippen molar-refractivity contribution in [1.29, 1.82) is 0 Å².